The van der Waals surface area contributed by atoms with Crippen LogP contribution in [0.1, 0.15) is 12.5 Å². The molecule has 0 amide bonds. The number of aliphatic carboxylic acids is 2. The number of nitro benzene ring substituents is 1. The summed E-state index contributed by atoms with van der Waals surface area (Å²) in [5.74, 6) is -4.72. The maximum atomic E-state index is 11.7. The van der Waals surface area contributed by atoms with Crippen molar-refractivity contribution in [3.63, 3.8) is 0 Å². The molecule has 0 fully saturated rings. The van der Waals surface area contributed by atoms with Gasteiger partial charge < -0.3 is 15.9 Å². The largest absolute Gasteiger partial charge is 0.481 e. The van der Waals surface area contributed by atoms with Gasteiger partial charge in [-0.25, -0.2) is 9.79 Å². The van der Waals surface area contributed by atoms with Crippen LogP contribution >= 0.6 is 12.6 Å². The van der Waals surface area contributed by atoms with Crippen molar-refractivity contribution in [3.05, 3.63) is 51.3 Å². The lowest BCUT2D eigenvalue weighted by Crippen LogP contribution is -2.47. The van der Waals surface area contributed by atoms with Crippen molar-refractivity contribution >= 4 is 36.0 Å². The number of rotatable bonds is 4. The molecule has 126 valence electrons. The number of non-ortho nitro benzene ring substituents is 1. The number of benzene rings is 1. The minimum Gasteiger partial charge on any atom is -0.481 e. The lowest BCUT2D eigenvalue weighted by molar-refractivity contribution is -0.384. The SMILES string of the molecule is CC1=NC(N)=C(C(=O)O)C(S)(c2cccc([N+](=O)[O-])c2)C1C(=O)O. The average Bonchev–Trinajstić information content (AvgIpc) is 2.45. The molecule has 10 heteroatoms. The van der Waals surface area contributed by atoms with E-state index in [-0.39, 0.29) is 22.8 Å². The molecule has 0 saturated carbocycles. The second-order valence-corrected chi connectivity index (χ2v) is 5.87. The molecule has 2 rings (SSSR count). The van der Waals surface area contributed by atoms with Crippen molar-refractivity contribution < 1.29 is 24.7 Å². The van der Waals surface area contributed by atoms with Crippen molar-refractivity contribution in [1.82, 2.24) is 0 Å². The molecule has 1 aliphatic rings. The number of carboxylic acid groups (broad SMARTS) is 2. The van der Waals surface area contributed by atoms with Crippen LogP contribution < -0.4 is 5.73 Å². The van der Waals surface area contributed by atoms with Crippen molar-refractivity contribution in [2.45, 2.75) is 11.7 Å². The highest BCUT2D eigenvalue weighted by atomic mass is 32.1. The zero-order valence-corrected chi connectivity index (χ0v) is 13.2. The van der Waals surface area contributed by atoms with Crippen molar-refractivity contribution in [2.75, 3.05) is 0 Å². The van der Waals surface area contributed by atoms with Crippen LogP contribution in [-0.4, -0.2) is 32.8 Å². The van der Waals surface area contributed by atoms with Crippen LogP contribution in [0, 0.1) is 16.0 Å². The Balaban J connectivity index is 2.83. The molecule has 0 saturated heterocycles. The van der Waals surface area contributed by atoms with Gasteiger partial charge in [0, 0.05) is 17.8 Å². The third kappa shape index (κ3) is 2.60. The molecule has 0 bridgehead atoms. The van der Waals surface area contributed by atoms with Gasteiger partial charge in [-0.05, 0) is 12.5 Å². The van der Waals surface area contributed by atoms with Crippen molar-refractivity contribution in [3.8, 4) is 0 Å². The standard InChI is InChI=1S/C14H13N3O6S/c1-6-9(12(18)19)14(24,10(13(20)21)11(15)16-6)7-3-2-4-8(5-7)17(22)23/h2-5,9,24H,15H2,1H3,(H,18,19)(H,20,21). The van der Waals surface area contributed by atoms with Gasteiger partial charge in [-0.1, -0.05) is 12.1 Å². The highest BCUT2D eigenvalue weighted by molar-refractivity contribution is 7.81. The summed E-state index contributed by atoms with van der Waals surface area (Å²) in [7, 11) is 0. The van der Waals surface area contributed by atoms with E-state index in [4.69, 9.17) is 5.73 Å². The van der Waals surface area contributed by atoms with E-state index in [1.165, 1.54) is 25.1 Å². The van der Waals surface area contributed by atoms with Gasteiger partial charge in [0.25, 0.3) is 5.69 Å². The topological polar surface area (TPSA) is 156 Å². The van der Waals surface area contributed by atoms with Crippen LogP contribution in [0.5, 0.6) is 0 Å². The zero-order valence-electron chi connectivity index (χ0n) is 12.3. The quantitative estimate of drug-likeness (QED) is 0.360. The van der Waals surface area contributed by atoms with E-state index in [1.807, 2.05) is 0 Å². The van der Waals surface area contributed by atoms with Crippen molar-refractivity contribution in [1.29, 1.82) is 0 Å². The first-order valence-electron chi connectivity index (χ1n) is 6.59. The molecule has 1 aromatic carbocycles. The molecule has 0 spiro atoms. The summed E-state index contributed by atoms with van der Waals surface area (Å²) in [6.45, 7) is 1.38. The molecule has 1 aromatic rings. The Hall–Kier alpha value is -2.88. The smallest absolute Gasteiger partial charge is 0.337 e. The van der Waals surface area contributed by atoms with E-state index in [1.54, 1.807) is 0 Å². The molecular formula is C14H13N3O6S. The van der Waals surface area contributed by atoms with E-state index in [0.29, 0.717) is 0 Å². The maximum absolute atomic E-state index is 11.7. The van der Waals surface area contributed by atoms with Gasteiger partial charge in [0.15, 0.2) is 0 Å². The first-order chi connectivity index (χ1) is 11.1. The predicted octanol–water partition coefficient (Wildman–Crippen LogP) is 1.15. The van der Waals surface area contributed by atoms with Gasteiger partial charge in [-0.3, -0.25) is 14.9 Å². The molecule has 0 aromatic heterocycles. The Morgan fingerprint density at radius 1 is 1.42 bits per heavy atom. The number of nitro groups is 1. The number of carboxylic acids is 2. The molecule has 1 heterocycles. The molecule has 2 unspecified atom stereocenters. The first-order valence-corrected chi connectivity index (χ1v) is 7.04. The maximum Gasteiger partial charge on any atom is 0.337 e. The summed E-state index contributed by atoms with van der Waals surface area (Å²) in [6.07, 6.45) is 0. The fourth-order valence-corrected chi connectivity index (χ4v) is 3.40. The Bertz CT molecular complexity index is 818. The number of nitrogens with two attached hydrogens (primary N) is 1. The van der Waals surface area contributed by atoms with Crippen LogP contribution in [0.4, 0.5) is 5.69 Å². The van der Waals surface area contributed by atoms with Crippen molar-refractivity contribution in [2.24, 2.45) is 16.6 Å². The summed E-state index contributed by atoms with van der Waals surface area (Å²) in [4.78, 5) is 37.5. The van der Waals surface area contributed by atoms with Gasteiger partial charge in [0.05, 0.1) is 9.67 Å². The second-order valence-electron chi connectivity index (χ2n) is 5.16. The predicted molar refractivity (Wildman–Crippen MR) is 86.8 cm³/mol. The van der Waals surface area contributed by atoms with Crippen LogP contribution in [0.3, 0.4) is 0 Å². The molecule has 2 atom stereocenters. The van der Waals surface area contributed by atoms with E-state index >= 15 is 0 Å². The highest BCUT2D eigenvalue weighted by Crippen LogP contribution is 2.48. The fourth-order valence-electron chi connectivity index (χ4n) is 2.75. The zero-order chi connectivity index (χ0) is 18.2. The summed E-state index contributed by atoms with van der Waals surface area (Å²) in [5, 5.41) is 30.0. The summed E-state index contributed by atoms with van der Waals surface area (Å²) in [5.41, 5.74) is 4.89. The van der Waals surface area contributed by atoms with Crippen LogP contribution in [0.25, 0.3) is 0 Å². The Morgan fingerprint density at radius 2 is 2.04 bits per heavy atom. The Morgan fingerprint density at radius 3 is 2.54 bits per heavy atom. The van der Waals surface area contributed by atoms with E-state index in [2.05, 4.69) is 17.6 Å². The van der Waals surface area contributed by atoms with Gasteiger partial charge in [0.1, 0.15) is 17.3 Å². The van der Waals surface area contributed by atoms with Crippen LogP contribution in [0.15, 0.2) is 40.7 Å². The van der Waals surface area contributed by atoms with Gasteiger partial charge in [0.2, 0.25) is 0 Å². The molecular weight excluding hydrogens is 338 g/mol. The molecule has 0 radical (unpaired) electrons. The third-order valence-corrected chi connectivity index (χ3v) is 4.47. The lowest BCUT2D eigenvalue weighted by atomic mass is 9.75. The van der Waals surface area contributed by atoms with Gasteiger partial charge in [-0.15, -0.1) is 0 Å². The average molecular weight is 351 g/mol. The molecule has 4 N–H and O–H groups in total. The fraction of sp³-hybridized carbons (Fsp3) is 0.214. The monoisotopic (exact) mass is 351 g/mol. The molecule has 1 aliphatic heterocycles. The molecule has 24 heavy (non-hydrogen) atoms. The molecule has 0 aliphatic carbocycles. The van der Waals surface area contributed by atoms with Gasteiger partial charge >= 0.3 is 11.9 Å². The van der Waals surface area contributed by atoms with E-state index in [0.717, 1.165) is 6.07 Å². The van der Waals surface area contributed by atoms with E-state index < -0.39 is 33.1 Å². The second kappa shape index (κ2) is 5.96. The Kier molecular flexibility index (Phi) is 4.34. The molecule has 9 nitrogen and oxygen atoms in total. The number of hydrogen-bond acceptors (Lipinski definition) is 7. The number of aliphatic imine (C=N–C) groups is 1. The number of thiol groups is 1. The summed E-state index contributed by atoms with van der Waals surface area (Å²) < 4.78 is -1.92. The lowest BCUT2D eigenvalue weighted by Gasteiger charge is -2.38. The minimum atomic E-state index is -1.92. The number of carbonyl (C=O) groups is 2. The number of hydrogen-bond donors (Lipinski definition) is 4. The van der Waals surface area contributed by atoms with Gasteiger partial charge in [-0.2, -0.15) is 12.6 Å². The van der Waals surface area contributed by atoms with Crippen LogP contribution in [-0.2, 0) is 14.3 Å². The minimum absolute atomic E-state index is 0.0297. The third-order valence-electron chi connectivity index (χ3n) is 3.73. The van der Waals surface area contributed by atoms with E-state index in [9.17, 15) is 29.9 Å². The first kappa shape index (κ1) is 17.5. The highest BCUT2D eigenvalue weighted by Gasteiger charge is 2.52. The van der Waals surface area contributed by atoms with Crippen LogP contribution in [0.2, 0.25) is 0 Å². The summed E-state index contributed by atoms with van der Waals surface area (Å²) in [6, 6.07) is 4.97. The normalized spacial score (nSPS) is 23.6. The Labute approximate surface area is 141 Å². The number of nitrogens with zero attached hydrogens (tertiary/aromatic N) is 2. The summed E-state index contributed by atoms with van der Waals surface area (Å²) >= 11 is 4.34.